The van der Waals surface area contributed by atoms with E-state index < -0.39 is 47.0 Å². The molecule has 1 N–H and O–H groups in total. The van der Waals surface area contributed by atoms with Crippen LogP contribution in [0.3, 0.4) is 0 Å². The molecular formula is C49H66O10. The van der Waals surface area contributed by atoms with Crippen LogP contribution in [0.25, 0.3) is 0 Å². The topological polar surface area (TPSA) is 127 Å². The number of rotatable bonds is 15. The van der Waals surface area contributed by atoms with Crippen LogP contribution < -0.4 is 0 Å². The van der Waals surface area contributed by atoms with Crippen molar-refractivity contribution < 1.29 is 47.9 Å². The summed E-state index contributed by atoms with van der Waals surface area (Å²) in [7, 11) is 0. The van der Waals surface area contributed by atoms with Gasteiger partial charge in [-0.15, -0.1) is 0 Å². The number of esters is 3. The van der Waals surface area contributed by atoms with E-state index in [1.165, 1.54) is 13.8 Å². The van der Waals surface area contributed by atoms with Gasteiger partial charge in [-0.1, -0.05) is 100 Å². The van der Waals surface area contributed by atoms with E-state index in [1.807, 2.05) is 74.5 Å². The predicted octanol–water partition coefficient (Wildman–Crippen LogP) is 9.04. The van der Waals surface area contributed by atoms with Crippen molar-refractivity contribution in [2.45, 2.75) is 138 Å². The van der Waals surface area contributed by atoms with Gasteiger partial charge in [0.2, 0.25) is 0 Å². The Morgan fingerprint density at radius 3 is 2.02 bits per heavy atom. The highest BCUT2D eigenvalue weighted by molar-refractivity contribution is 5.90. The van der Waals surface area contributed by atoms with Crippen molar-refractivity contribution in [2.24, 2.45) is 39.9 Å². The van der Waals surface area contributed by atoms with Crippen LogP contribution in [0.2, 0.25) is 0 Å². The Morgan fingerprint density at radius 1 is 0.814 bits per heavy atom. The molecule has 4 saturated carbocycles. The first-order valence-corrected chi connectivity index (χ1v) is 21.5. The average Bonchev–Trinajstić information content (AvgIpc) is 3.48. The third-order valence-electron chi connectivity index (χ3n) is 14.8. The second kappa shape index (κ2) is 18.8. The van der Waals surface area contributed by atoms with Gasteiger partial charge >= 0.3 is 17.9 Å². The van der Waals surface area contributed by atoms with Crippen molar-refractivity contribution in [3.63, 3.8) is 0 Å². The number of aliphatic hydroxyl groups is 1. The molecule has 10 nitrogen and oxygen atoms in total. The minimum absolute atomic E-state index is 0.0329. The highest BCUT2D eigenvalue weighted by atomic mass is 16.7. The predicted molar refractivity (Wildman–Crippen MR) is 223 cm³/mol. The lowest BCUT2D eigenvalue weighted by Crippen LogP contribution is -2.72. The number of benzene rings is 2. The van der Waals surface area contributed by atoms with E-state index in [0.29, 0.717) is 38.0 Å². The molecule has 2 aromatic carbocycles. The first-order valence-electron chi connectivity index (χ1n) is 21.5. The zero-order valence-electron chi connectivity index (χ0n) is 36.4. The van der Waals surface area contributed by atoms with E-state index in [1.54, 1.807) is 0 Å². The van der Waals surface area contributed by atoms with Gasteiger partial charge in [-0.05, 0) is 104 Å². The maximum atomic E-state index is 14.3. The lowest BCUT2D eigenvalue weighted by Gasteiger charge is -2.70. The summed E-state index contributed by atoms with van der Waals surface area (Å²) in [5.74, 6) is -1.77. The van der Waals surface area contributed by atoms with Gasteiger partial charge < -0.3 is 33.5 Å². The van der Waals surface area contributed by atoms with Crippen molar-refractivity contribution in [1.82, 2.24) is 0 Å². The largest absolute Gasteiger partial charge is 0.459 e. The molecule has 2 aromatic rings. The molecule has 11 unspecified atom stereocenters. The van der Waals surface area contributed by atoms with Gasteiger partial charge in [0, 0.05) is 30.8 Å². The molecule has 6 rings (SSSR count). The number of carbonyl (C=O) groups excluding carboxylic acids is 3. The SMILES string of the molecule is CC(=O)OC1CC2(C)C(CCC3C4(C)CCC(OCOCc5ccccc5)C(C)C4C(OC(C)=O)C(O)C32C)/C1=C(\CCC=C(C)C)C(=O)OCOCc1ccccc1. The van der Waals surface area contributed by atoms with Gasteiger partial charge in [0.1, 0.15) is 19.0 Å². The van der Waals surface area contributed by atoms with Crippen LogP contribution in [0.15, 0.2) is 83.5 Å². The standard InChI is InChI=1S/C49H66O10/c1-31(2)16-15-21-37(46(53)57-30-55-28-36-19-13-10-14-20-36)42-38-22-23-41-47(6)25-24-39(56-29-54-27-35-17-11-9-12-18-35)32(3)43(47)44(59-34(5)51)45(52)49(41,8)48(38,7)26-40(42)58-33(4)50/h9-14,16-20,32,38-41,43-45,52H,15,21-30H2,1-8H3/b42-37-. The molecule has 0 radical (unpaired) electrons. The molecule has 4 aliphatic rings. The summed E-state index contributed by atoms with van der Waals surface area (Å²) in [6.45, 7) is 16.3. The Morgan fingerprint density at radius 2 is 1.42 bits per heavy atom. The minimum Gasteiger partial charge on any atom is -0.459 e. The molecule has 0 aromatic heterocycles. The molecule has 0 amide bonds. The zero-order valence-corrected chi connectivity index (χ0v) is 36.4. The maximum Gasteiger partial charge on any atom is 0.336 e. The minimum atomic E-state index is -1.04. The van der Waals surface area contributed by atoms with E-state index in [4.69, 9.17) is 28.4 Å². The fourth-order valence-electron chi connectivity index (χ4n) is 12.1. The second-order valence-electron chi connectivity index (χ2n) is 18.4. The maximum absolute atomic E-state index is 14.3. The number of aliphatic hydroxyl groups excluding tert-OH is 1. The number of fused-ring (bicyclic) bond motifs is 5. The highest BCUT2D eigenvalue weighted by Gasteiger charge is 2.74. The highest BCUT2D eigenvalue weighted by Crippen LogP contribution is 2.75. The summed E-state index contributed by atoms with van der Waals surface area (Å²) in [5, 5.41) is 12.9. The lowest BCUT2D eigenvalue weighted by atomic mass is 9.35. The fourth-order valence-corrected chi connectivity index (χ4v) is 12.1. The third kappa shape index (κ3) is 9.12. The van der Waals surface area contributed by atoms with Crippen LogP contribution in [0.4, 0.5) is 0 Å². The van der Waals surface area contributed by atoms with E-state index in [-0.39, 0.29) is 48.8 Å². The molecular weight excluding hydrogens is 749 g/mol. The van der Waals surface area contributed by atoms with Crippen LogP contribution in [-0.4, -0.2) is 61.0 Å². The summed E-state index contributed by atoms with van der Waals surface area (Å²) in [5.41, 5.74) is 2.69. The van der Waals surface area contributed by atoms with E-state index in [2.05, 4.69) is 33.8 Å². The van der Waals surface area contributed by atoms with Crippen LogP contribution >= 0.6 is 0 Å². The molecule has 0 heterocycles. The number of hydrogen-bond donors (Lipinski definition) is 1. The Labute approximate surface area is 351 Å². The Kier molecular flexibility index (Phi) is 14.3. The van der Waals surface area contributed by atoms with Gasteiger partial charge in [0.05, 0.1) is 25.4 Å². The number of ether oxygens (including phenoxy) is 6. The first-order chi connectivity index (χ1) is 28.1. The molecule has 0 saturated heterocycles. The average molecular weight is 815 g/mol. The molecule has 0 spiro atoms. The van der Waals surface area contributed by atoms with Crippen LogP contribution in [0, 0.1) is 39.9 Å². The van der Waals surface area contributed by atoms with Gasteiger partial charge in [-0.2, -0.15) is 0 Å². The van der Waals surface area contributed by atoms with Gasteiger partial charge in [0.15, 0.2) is 6.79 Å². The summed E-state index contributed by atoms with van der Waals surface area (Å²) < 4.78 is 36.4. The summed E-state index contributed by atoms with van der Waals surface area (Å²) in [6, 6.07) is 19.7. The lowest BCUT2D eigenvalue weighted by molar-refractivity contribution is -0.292. The van der Waals surface area contributed by atoms with Crippen molar-refractivity contribution in [1.29, 1.82) is 0 Å². The summed E-state index contributed by atoms with van der Waals surface area (Å²) in [6.07, 6.45) is 3.96. The normalized spacial score (nSPS) is 34.4. The number of allylic oxidation sites excluding steroid dienone is 2. The van der Waals surface area contributed by atoms with E-state index in [0.717, 1.165) is 48.0 Å². The molecule has 0 bridgehead atoms. The first kappa shape index (κ1) is 44.7. The van der Waals surface area contributed by atoms with Crippen LogP contribution in [0.5, 0.6) is 0 Å². The Balaban J connectivity index is 1.32. The monoisotopic (exact) mass is 814 g/mol. The molecule has 4 aliphatic carbocycles. The van der Waals surface area contributed by atoms with E-state index >= 15 is 0 Å². The van der Waals surface area contributed by atoms with Crippen molar-refractivity contribution >= 4 is 17.9 Å². The molecule has 0 aliphatic heterocycles. The van der Waals surface area contributed by atoms with Gasteiger partial charge in [-0.25, -0.2) is 4.79 Å². The van der Waals surface area contributed by atoms with Gasteiger partial charge in [0.25, 0.3) is 0 Å². The Hall–Kier alpha value is -3.83. The smallest absolute Gasteiger partial charge is 0.336 e. The number of carbonyl (C=O) groups is 3. The van der Waals surface area contributed by atoms with Crippen molar-refractivity contribution in [3.05, 3.63) is 94.6 Å². The Bertz CT molecular complexity index is 1840. The quantitative estimate of drug-likeness (QED) is 0.0465. The third-order valence-corrected chi connectivity index (χ3v) is 14.8. The molecule has 4 fully saturated rings. The van der Waals surface area contributed by atoms with Crippen LogP contribution in [-0.2, 0) is 56.0 Å². The second-order valence-corrected chi connectivity index (χ2v) is 18.4. The van der Waals surface area contributed by atoms with E-state index in [9.17, 15) is 19.5 Å². The van der Waals surface area contributed by atoms with Crippen LogP contribution in [0.1, 0.15) is 111 Å². The summed E-state index contributed by atoms with van der Waals surface area (Å²) >= 11 is 0. The molecule has 59 heavy (non-hydrogen) atoms. The van der Waals surface area contributed by atoms with Gasteiger partial charge in [-0.3, -0.25) is 9.59 Å². The molecule has 11 atom stereocenters. The van der Waals surface area contributed by atoms with Crippen molar-refractivity contribution in [3.8, 4) is 0 Å². The van der Waals surface area contributed by atoms with Crippen molar-refractivity contribution in [2.75, 3.05) is 13.6 Å². The zero-order chi connectivity index (χ0) is 42.5. The number of hydrogen-bond acceptors (Lipinski definition) is 10. The molecule has 322 valence electrons. The fraction of sp³-hybridized carbons (Fsp3) is 0.612. The summed E-state index contributed by atoms with van der Waals surface area (Å²) in [4.78, 5) is 40.1. The molecule has 10 heteroatoms.